The number of thioether (sulfide) groups is 1. The van der Waals surface area contributed by atoms with Gasteiger partial charge >= 0.3 is 0 Å². The molecule has 5 nitrogen and oxygen atoms in total. The zero-order chi connectivity index (χ0) is 23.8. The molecule has 0 aromatic heterocycles. The van der Waals surface area contributed by atoms with Gasteiger partial charge in [0.05, 0.1) is 11.3 Å². The molecule has 0 atom stereocenters. The molecule has 0 saturated heterocycles. The van der Waals surface area contributed by atoms with Crippen LogP contribution in [0.4, 0.5) is 15.8 Å². The Hall–Kier alpha value is -4.10. The van der Waals surface area contributed by atoms with Gasteiger partial charge in [-0.1, -0.05) is 30.3 Å². The predicted molar refractivity (Wildman–Crippen MR) is 133 cm³/mol. The van der Waals surface area contributed by atoms with Crippen LogP contribution in [0.5, 0.6) is 11.5 Å². The Bertz CT molecular complexity index is 1260. The smallest absolute Gasteiger partial charge is 0.258 e. The molecule has 0 spiro atoms. The first-order chi connectivity index (χ1) is 16.6. The van der Waals surface area contributed by atoms with Crippen LogP contribution in [0, 0.1) is 5.82 Å². The molecule has 0 aliphatic rings. The normalized spacial score (nSPS) is 10.4. The number of hydrogen-bond acceptors (Lipinski definition) is 4. The van der Waals surface area contributed by atoms with Crippen molar-refractivity contribution in [1.29, 1.82) is 0 Å². The highest BCUT2D eigenvalue weighted by Gasteiger charge is 2.11. The third kappa shape index (κ3) is 6.46. The second-order valence-corrected chi connectivity index (χ2v) is 8.28. The summed E-state index contributed by atoms with van der Waals surface area (Å²) in [5.74, 6) is 0.422. The number of nitrogens with one attached hydrogen (secondary N) is 2. The van der Waals surface area contributed by atoms with Gasteiger partial charge in [0.25, 0.3) is 5.91 Å². The van der Waals surface area contributed by atoms with Gasteiger partial charge in [0.15, 0.2) is 0 Å². The van der Waals surface area contributed by atoms with E-state index < -0.39 is 11.7 Å². The topological polar surface area (TPSA) is 67.4 Å². The van der Waals surface area contributed by atoms with Gasteiger partial charge in [0.2, 0.25) is 5.91 Å². The first kappa shape index (κ1) is 23.1. The third-order valence-corrected chi connectivity index (χ3v) is 5.73. The minimum atomic E-state index is -0.573. The van der Waals surface area contributed by atoms with E-state index in [1.807, 2.05) is 30.3 Å². The molecule has 2 amide bonds. The zero-order valence-corrected chi connectivity index (χ0v) is 18.8. The average Bonchev–Trinajstić information content (AvgIpc) is 2.86. The van der Waals surface area contributed by atoms with E-state index in [4.69, 9.17) is 4.74 Å². The minimum Gasteiger partial charge on any atom is -0.457 e. The molecule has 4 rings (SSSR count). The molecule has 7 heteroatoms. The Morgan fingerprint density at radius 1 is 0.706 bits per heavy atom. The summed E-state index contributed by atoms with van der Waals surface area (Å²) >= 11 is 1.37. The lowest BCUT2D eigenvalue weighted by Crippen LogP contribution is -2.14. The van der Waals surface area contributed by atoms with Crippen molar-refractivity contribution in [1.82, 2.24) is 0 Å². The summed E-state index contributed by atoms with van der Waals surface area (Å²) in [7, 11) is 0. The van der Waals surface area contributed by atoms with Gasteiger partial charge in [0.1, 0.15) is 17.3 Å². The Kier molecular flexibility index (Phi) is 7.57. The van der Waals surface area contributed by atoms with E-state index in [0.717, 1.165) is 10.6 Å². The molecule has 0 bridgehead atoms. The van der Waals surface area contributed by atoms with Crippen molar-refractivity contribution in [2.75, 3.05) is 16.4 Å². The largest absolute Gasteiger partial charge is 0.457 e. The molecular weight excluding hydrogens is 451 g/mol. The first-order valence-electron chi connectivity index (χ1n) is 10.5. The number of para-hydroxylation sites is 1. The van der Waals surface area contributed by atoms with Crippen LogP contribution in [0.25, 0.3) is 0 Å². The van der Waals surface area contributed by atoms with Gasteiger partial charge in [-0.3, -0.25) is 9.59 Å². The van der Waals surface area contributed by atoms with Crippen LogP contribution in [-0.2, 0) is 4.79 Å². The molecule has 0 heterocycles. The Morgan fingerprint density at radius 2 is 1.29 bits per heavy atom. The lowest BCUT2D eigenvalue weighted by atomic mass is 10.2. The Balaban J connectivity index is 1.24. The number of hydrogen-bond donors (Lipinski definition) is 2. The Morgan fingerprint density at radius 3 is 2.00 bits per heavy atom. The number of benzene rings is 4. The van der Waals surface area contributed by atoms with Crippen molar-refractivity contribution >= 4 is 35.0 Å². The van der Waals surface area contributed by atoms with Crippen LogP contribution in [0.3, 0.4) is 0 Å². The molecular formula is C27H21FN2O3S. The molecule has 0 aliphatic heterocycles. The predicted octanol–water partition coefficient (Wildman–Crippen LogP) is 6.60. The number of rotatable bonds is 8. The fourth-order valence-electron chi connectivity index (χ4n) is 3.06. The number of halogens is 1. The van der Waals surface area contributed by atoms with Crippen molar-refractivity contribution in [2.24, 2.45) is 0 Å². The second kappa shape index (κ2) is 11.2. The van der Waals surface area contributed by atoms with Gasteiger partial charge in [-0.15, -0.1) is 11.8 Å². The maximum absolute atomic E-state index is 13.7. The highest BCUT2D eigenvalue weighted by molar-refractivity contribution is 8.00. The van der Waals surface area contributed by atoms with Gasteiger partial charge in [0, 0.05) is 16.3 Å². The molecule has 0 aliphatic carbocycles. The second-order valence-electron chi connectivity index (χ2n) is 7.23. The van der Waals surface area contributed by atoms with Crippen molar-refractivity contribution < 1.29 is 18.7 Å². The fraction of sp³-hybridized carbons (Fsp3) is 0.0370. The Labute approximate surface area is 201 Å². The molecule has 2 N–H and O–H groups in total. The highest BCUT2D eigenvalue weighted by Crippen LogP contribution is 2.24. The number of ether oxygens (including phenoxy) is 1. The van der Waals surface area contributed by atoms with E-state index in [2.05, 4.69) is 10.6 Å². The monoisotopic (exact) mass is 472 g/mol. The number of anilines is 2. The van der Waals surface area contributed by atoms with Crippen molar-refractivity contribution in [3.05, 3.63) is 115 Å². The standard InChI is InChI=1S/C27H21FN2O3S/c28-25-9-5-4-8-24(25)27(32)30-20-12-16-23(17-13-20)34-18-26(31)29-19-10-14-22(15-11-19)33-21-6-2-1-3-7-21/h1-17H,18H2,(H,29,31)(H,30,32). The summed E-state index contributed by atoms with van der Waals surface area (Å²) in [4.78, 5) is 25.4. The average molecular weight is 473 g/mol. The van der Waals surface area contributed by atoms with Crippen molar-refractivity contribution in [3.8, 4) is 11.5 Å². The molecule has 0 saturated carbocycles. The quantitative estimate of drug-likeness (QED) is 0.284. The van der Waals surface area contributed by atoms with Gasteiger partial charge in [-0.05, 0) is 72.8 Å². The lowest BCUT2D eigenvalue weighted by molar-refractivity contribution is -0.113. The summed E-state index contributed by atoms with van der Waals surface area (Å²) < 4.78 is 19.5. The summed E-state index contributed by atoms with van der Waals surface area (Å²) in [6.07, 6.45) is 0. The maximum Gasteiger partial charge on any atom is 0.258 e. The van der Waals surface area contributed by atoms with Crippen molar-refractivity contribution in [2.45, 2.75) is 4.90 Å². The summed E-state index contributed by atoms with van der Waals surface area (Å²) in [6.45, 7) is 0. The van der Waals surface area contributed by atoms with E-state index in [9.17, 15) is 14.0 Å². The number of carbonyl (C=O) groups is 2. The molecule has 34 heavy (non-hydrogen) atoms. The molecule has 4 aromatic rings. The first-order valence-corrected chi connectivity index (χ1v) is 11.5. The van der Waals surface area contributed by atoms with Crippen LogP contribution in [0.1, 0.15) is 10.4 Å². The fourth-order valence-corrected chi connectivity index (χ4v) is 3.75. The molecule has 0 radical (unpaired) electrons. The summed E-state index contributed by atoms with van der Waals surface area (Å²) in [5, 5.41) is 5.52. The van der Waals surface area contributed by atoms with Crippen LogP contribution >= 0.6 is 11.8 Å². The molecule has 0 unspecified atom stereocenters. The van der Waals surface area contributed by atoms with E-state index >= 15 is 0 Å². The van der Waals surface area contributed by atoms with Crippen LogP contribution in [0.15, 0.2) is 108 Å². The van der Waals surface area contributed by atoms with Gasteiger partial charge in [-0.2, -0.15) is 0 Å². The zero-order valence-electron chi connectivity index (χ0n) is 18.0. The number of amides is 2. The van der Waals surface area contributed by atoms with E-state index in [1.165, 1.54) is 30.0 Å². The lowest BCUT2D eigenvalue weighted by Gasteiger charge is -2.09. The number of carbonyl (C=O) groups excluding carboxylic acids is 2. The van der Waals surface area contributed by atoms with E-state index in [0.29, 0.717) is 17.1 Å². The van der Waals surface area contributed by atoms with Crippen molar-refractivity contribution in [3.63, 3.8) is 0 Å². The highest BCUT2D eigenvalue weighted by atomic mass is 32.2. The summed E-state index contributed by atoms with van der Waals surface area (Å²) in [6, 6.07) is 29.5. The SMILES string of the molecule is O=C(CSc1ccc(NC(=O)c2ccccc2F)cc1)Nc1ccc(Oc2ccccc2)cc1. The van der Waals surface area contributed by atoms with Gasteiger partial charge in [-0.25, -0.2) is 4.39 Å². The van der Waals surface area contributed by atoms with Gasteiger partial charge < -0.3 is 15.4 Å². The maximum atomic E-state index is 13.7. The van der Waals surface area contributed by atoms with Crippen LogP contribution in [-0.4, -0.2) is 17.6 Å². The van der Waals surface area contributed by atoms with E-state index in [-0.39, 0.29) is 17.2 Å². The minimum absolute atomic E-state index is 0.0164. The third-order valence-electron chi connectivity index (χ3n) is 4.72. The molecule has 170 valence electrons. The molecule has 4 aromatic carbocycles. The van der Waals surface area contributed by atoms with Crippen LogP contribution < -0.4 is 15.4 Å². The molecule has 0 fully saturated rings. The van der Waals surface area contributed by atoms with E-state index in [1.54, 1.807) is 54.6 Å². The van der Waals surface area contributed by atoms with Crippen LogP contribution in [0.2, 0.25) is 0 Å². The summed E-state index contributed by atoms with van der Waals surface area (Å²) in [5.41, 5.74) is 1.20.